The standard InChI is InChI=1S/C17H12N2O4S2/c20-14(19-17(22)13-6-3-9-24-13)10-23-16(21)8-7-15-18-11-4-1-2-5-12(11)25-15/h1-9H,10H2,(H,19,20,22)/b8-7+. The number of imide groups is 1. The minimum atomic E-state index is -0.682. The molecule has 1 N–H and O–H groups in total. The predicted octanol–water partition coefficient (Wildman–Crippen LogP) is 2.87. The van der Waals surface area contributed by atoms with E-state index in [9.17, 15) is 14.4 Å². The van der Waals surface area contributed by atoms with Crippen LogP contribution in [0.2, 0.25) is 0 Å². The van der Waals surface area contributed by atoms with Crippen LogP contribution >= 0.6 is 22.7 Å². The molecule has 0 fully saturated rings. The van der Waals surface area contributed by atoms with Crippen LogP contribution in [-0.4, -0.2) is 29.4 Å². The van der Waals surface area contributed by atoms with Crippen LogP contribution in [0.1, 0.15) is 14.7 Å². The monoisotopic (exact) mass is 372 g/mol. The van der Waals surface area contributed by atoms with Gasteiger partial charge in [0.2, 0.25) is 0 Å². The maximum atomic E-state index is 11.7. The number of para-hydroxylation sites is 1. The molecule has 1 aromatic carbocycles. The largest absolute Gasteiger partial charge is 0.452 e. The van der Waals surface area contributed by atoms with Gasteiger partial charge < -0.3 is 4.74 Å². The summed E-state index contributed by atoms with van der Waals surface area (Å²) >= 11 is 2.66. The molecule has 2 amide bonds. The third-order valence-corrected chi connectivity index (χ3v) is 4.89. The van der Waals surface area contributed by atoms with Gasteiger partial charge in [-0.1, -0.05) is 18.2 Å². The molecule has 0 radical (unpaired) electrons. The van der Waals surface area contributed by atoms with E-state index in [1.807, 2.05) is 24.3 Å². The van der Waals surface area contributed by atoms with Gasteiger partial charge in [-0.25, -0.2) is 9.78 Å². The lowest BCUT2D eigenvalue weighted by atomic mass is 10.3. The van der Waals surface area contributed by atoms with Crippen molar-refractivity contribution in [2.24, 2.45) is 0 Å². The van der Waals surface area contributed by atoms with Crippen molar-refractivity contribution in [3.8, 4) is 0 Å². The van der Waals surface area contributed by atoms with Gasteiger partial charge in [-0.3, -0.25) is 14.9 Å². The number of nitrogens with zero attached hydrogens (tertiary/aromatic N) is 1. The summed E-state index contributed by atoms with van der Waals surface area (Å²) in [6, 6.07) is 10.9. The van der Waals surface area contributed by atoms with E-state index in [1.165, 1.54) is 34.8 Å². The lowest BCUT2D eigenvalue weighted by Gasteiger charge is -2.02. The van der Waals surface area contributed by atoms with Gasteiger partial charge in [0.1, 0.15) is 5.01 Å². The normalized spacial score (nSPS) is 10.9. The average Bonchev–Trinajstić information content (AvgIpc) is 3.27. The van der Waals surface area contributed by atoms with Crippen molar-refractivity contribution >= 4 is 56.7 Å². The number of nitrogens with one attached hydrogen (secondary N) is 1. The van der Waals surface area contributed by atoms with Crippen molar-refractivity contribution in [3.63, 3.8) is 0 Å². The van der Waals surface area contributed by atoms with Crippen LogP contribution < -0.4 is 5.32 Å². The Morgan fingerprint density at radius 1 is 1.16 bits per heavy atom. The number of amides is 2. The van der Waals surface area contributed by atoms with Crippen molar-refractivity contribution in [2.45, 2.75) is 0 Å². The zero-order chi connectivity index (χ0) is 17.6. The fraction of sp³-hybridized carbons (Fsp3) is 0.0588. The summed E-state index contributed by atoms with van der Waals surface area (Å²) in [6.45, 7) is -0.528. The number of thiophene rings is 1. The molecule has 0 bridgehead atoms. The minimum absolute atomic E-state index is 0.412. The first kappa shape index (κ1) is 17.0. The summed E-state index contributed by atoms with van der Waals surface area (Å²) in [5.74, 6) is -1.88. The maximum Gasteiger partial charge on any atom is 0.331 e. The topological polar surface area (TPSA) is 85.4 Å². The molecule has 6 nitrogen and oxygen atoms in total. The second-order valence-electron chi connectivity index (χ2n) is 4.82. The summed E-state index contributed by atoms with van der Waals surface area (Å²) in [5.41, 5.74) is 0.854. The van der Waals surface area contributed by atoms with Crippen molar-refractivity contribution in [2.75, 3.05) is 6.61 Å². The van der Waals surface area contributed by atoms with Gasteiger partial charge in [-0.05, 0) is 29.7 Å². The lowest BCUT2D eigenvalue weighted by molar-refractivity contribution is -0.143. The minimum Gasteiger partial charge on any atom is -0.452 e. The number of benzene rings is 1. The molecule has 0 aliphatic rings. The maximum absolute atomic E-state index is 11.7. The first-order chi connectivity index (χ1) is 12.1. The summed E-state index contributed by atoms with van der Waals surface area (Å²) < 4.78 is 5.82. The Kier molecular flexibility index (Phi) is 5.32. The van der Waals surface area contributed by atoms with E-state index in [0.717, 1.165) is 10.2 Å². The molecular formula is C17H12N2O4S2. The Hall–Kier alpha value is -2.84. The quantitative estimate of drug-likeness (QED) is 0.550. The first-order valence-corrected chi connectivity index (χ1v) is 8.89. The zero-order valence-electron chi connectivity index (χ0n) is 12.8. The summed E-state index contributed by atoms with van der Waals surface area (Å²) in [4.78, 5) is 39.7. The third-order valence-electron chi connectivity index (χ3n) is 3.02. The number of esters is 1. The summed E-state index contributed by atoms with van der Waals surface area (Å²) in [5, 5.41) is 4.54. The smallest absolute Gasteiger partial charge is 0.331 e. The van der Waals surface area contributed by atoms with Crippen LogP contribution in [0.5, 0.6) is 0 Å². The van der Waals surface area contributed by atoms with E-state index in [4.69, 9.17) is 4.74 Å². The van der Waals surface area contributed by atoms with Crippen LogP contribution in [0.25, 0.3) is 16.3 Å². The number of thiazole rings is 1. The summed E-state index contributed by atoms with van der Waals surface area (Å²) in [6.07, 6.45) is 2.73. The number of ether oxygens (including phenoxy) is 1. The second kappa shape index (κ2) is 7.82. The molecule has 2 heterocycles. The van der Waals surface area contributed by atoms with Crippen LogP contribution in [-0.2, 0) is 14.3 Å². The molecule has 2 aromatic heterocycles. The highest BCUT2D eigenvalue weighted by atomic mass is 32.1. The number of hydrogen-bond acceptors (Lipinski definition) is 7. The van der Waals surface area contributed by atoms with Crippen LogP contribution in [0.3, 0.4) is 0 Å². The molecule has 0 aliphatic heterocycles. The lowest BCUT2D eigenvalue weighted by Crippen LogP contribution is -2.33. The fourth-order valence-electron chi connectivity index (χ4n) is 1.92. The highest BCUT2D eigenvalue weighted by molar-refractivity contribution is 7.19. The van der Waals surface area contributed by atoms with E-state index in [2.05, 4.69) is 10.3 Å². The highest BCUT2D eigenvalue weighted by Gasteiger charge is 2.12. The molecule has 126 valence electrons. The van der Waals surface area contributed by atoms with Gasteiger partial charge in [0.15, 0.2) is 6.61 Å². The Balaban J connectivity index is 1.48. The van der Waals surface area contributed by atoms with Crippen molar-refractivity contribution in [1.29, 1.82) is 0 Å². The molecule has 0 atom stereocenters. The van der Waals surface area contributed by atoms with Gasteiger partial charge in [0.05, 0.1) is 15.1 Å². The molecule has 0 unspecified atom stereocenters. The Morgan fingerprint density at radius 3 is 2.76 bits per heavy atom. The van der Waals surface area contributed by atoms with Gasteiger partial charge in [0.25, 0.3) is 11.8 Å². The molecule has 0 aliphatic carbocycles. The first-order valence-electron chi connectivity index (χ1n) is 7.20. The number of aromatic nitrogens is 1. The number of rotatable bonds is 5. The van der Waals surface area contributed by atoms with Crippen molar-refractivity contribution in [3.05, 3.63) is 57.7 Å². The second-order valence-corrected chi connectivity index (χ2v) is 6.83. The van der Waals surface area contributed by atoms with E-state index in [-0.39, 0.29) is 0 Å². The van der Waals surface area contributed by atoms with Crippen molar-refractivity contribution < 1.29 is 19.1 Å². The summed E-state index contributed by atoms with van der Waals surface area (Å²) in [7, 11) is 0. The van der Waals surface area contributed by atoms with E-state index in [1.54, 1.807) is 17.5 Å². The van der Waals surface area contributed by atoms with Gasteiger partial charge in [-0.2, -0.15) is 0 Å². The molecule has 3 aromatic rings. The van der Waals surface area contributed by atoms with Crippen LogP contribution in [0.4, 0.5) is 0 Å². The molecule has 8 heteroatoms. The van der Waals surface area contributed by atoms with E-state index >= 15 is 0 Å². The number of carbonyl (C=O) groups is 3. The molecule has 25 heavy (non-hydrogen) atoms. The van der Waals surface area contributed by atoms with Gasteiger partial charge >= 0.3 is 5.97 Å². The van der Waals surface area contributed by atoms with Crippen LogP contribution in [0.15, 0.2) is 47.9 Å². The Labute approximate surface area is 150 Å². The van der Waals surface area contributed by atoms with Crippen molar-refractivity contribution in [1.82, 2.24) is 10.3 Å². The van der Waals surface area contributed by atoms with E-state index in [0.29, 0.717) is 9.88 Å². The Bertz CT molecular complexity index is 912. The van der Waals surface area contributed by atoms with Gasteiger partial charge in [-0.15, -0.1) is 22.7 Å². The zero-order valence-corrected chi connectivity index (χ0v) is 14.4. The molecule has 0 saturated carbocycles. The Morgan fingerprint density at radius 2 is 2.00 bits per heavy atom. The fourth-order valence-corrected chi connectivity index (χ4v) is 3.41. The predicted molar refractivity (Wildman–Crippen MR) is 96.4 cm³/mol. The molecule has 0 spiro atoms. The molecule has 0 saturated heterocycles. The number of fused-ring (bicyclic) bond motifs is 1. The SMILES string of the molecule is O=C(COC(=O)/C=C/c1nc2ccccc2s1)NC(=O)c1cccs1. The van der Waals surface area contributed by atoms with Crippen LogP contribution in [0, 0.1) is 0 Å². The number of carbonyl (C=O) groups excluding carboxylic acids is 3. The number of hydrogen-bond donors (Lipinski definition) is 1. The molecule has 3 rings (SSSR count). The van der Waals surface area contributed by atoms with Gasteiger partial charge in [0, 0.05) is 6.08 Å². The molecular weight excluding hydrogens is 360 g/mol. The van der Waals surface area contributed by atoms with E-state index < -0.39 is 24.4 Å². The third kappa shape index (κ3) is 4.59. The average molecular weight is 372 g/mol. The highest BCUT2D eigenvalue weighted by Crippen LogP contribution is 2.22.